The first-order chi connectivity index (χ1) is 12.6. The molecule has 26 heavy (non-hydrogen) atoms. The largest absolute Gasteiger partial charge is 0.450 e. The predicted molar refractivity (Wildman–Crippen MR) is 98.0 cm³/mol. The van der Waals surface area contributed by atoms with Gasteiger partial charge >= 0.3 is 0 Å². The second-order valence-corrected chi connectivity index (χ2v) is 6.88. The number of hydrogen-bond acceptors (Lipinski definition) is 6. The molecule has 0 N–H and O–H groups in total. The molecule has 7 heteroatoms. The maximum Gasteiger partial charge on any atom is 0.196 e. The van der Waals surface area contributed by atoms with Gasteiger partial charge in [-0.15, -0.1) is 0 Å². The van der Waals surface area contributed by atoms with Crippen molar-refractivity contribution in [2.75, 3.05) is 24.6 Å². The van der Waals surface area contributed by atoms with E-state index >= 15 is 0 Å². The van der Waals surface area contributed by atoms with Crippen LogP contribution in [0.2, 0.25) is 0 Å². The summed E-state index contributed by atoms with van der Waals surface area (Å²) < 4.78 is 14.0. The normalized spacial score (nSPS) is 20.9. The molecule has 4 heterocycles. The summed E-state index contributed by atoms with van der Waals surface area (Å²) in [6.45, 7) is 4.12. The van der Waals surface area contributed by atoms with E-state index in [1.807, 2.05) is 43.7 Å². The number of fused-ring (bicyclic) bond motifs is 3. The van der Waals surface area contributed by atoms with Crippen molar-refractivity contribution in [3.63, 3.8) is 0 Å². The lowest BCUT2D eigenvalue weighted by Gasteiger charge is -2.40. The molecule has 1 atom stereocenters. The number of nitrogens with zero attached hydrogens (tertiary/aromatic N) is 5. The van der Waals surface area contributed by atoms with Crippen molar-refractivity contribution >= 4 is 27.9 Å². The fraction of sp³-hybridized carbons (Fsp3) is 0.316. The topological polar surface area (TPSA) is 69.2 Å². The SMILES string of the molecule is Cn1cc(C2(C)CN(c3ncnc4c3oc3ccccc34)CCO2)cn1. The summed E-state index contributed by atoms with van der Waals surface area (Å²) >= 11 is 0. The van der Waals surface area contributed by atoms with Crippen LogP contribution < -0.4 is 4.90 Å². The van der Waals surface area contributed by atoms with E-state index in [9.17, 15) is 0 Å². The van der Waals surface area contributed by atoms with Crippen molar-refractivity contribution < 1.29 is 9.15 Å². The number of hydrogen-bond donors (Lipinski definition) is 0. The Morgan fingerprint density at radius 3 is 2.92 bits per heavy atom. The van der Waals surface area contributed by atoms with Crippen molar-refractivity contribution in [2.24, 2.45) is 7.05 Å². The van der Waals surface area contributed by atoms with Crippen LogP contribution in [0, 0.1) is 0 Å². The van der Waals surface area contributed by atoms with Crippen LogP contribution in [-0.4, -0.2) is 39.4 Å². The molecule has 0 saturated carbocycles. The summed E-state index contributed by atoms with van der Waals surface area (Å²) in [6, 6.07) is 7.94. The van der Waals surface area contributed by atoms with Crippen LogP contribution in [-0.2, 0) is 17.4 Å². The minimum Gasteiger partial charge on any atom is -0.450 e. The standard InChI is InChI=1S/C19H19N5O2/c1-19(13-9-22-23(2)10-13)11-24(7-8-25-19)18-17-16(20-12-21-18)14-5-3-4-6-15(14)26-17/h3-6,9-10,12H,7-8,11H2,1-2H3. The highest BCUT2D eigenvalue weighted by molar-refractivity contribution is 6.05. The zero-order chi connectivity index (χ0) is 17.7. The van der Waals surface area contributed by atoms with E-state index in [4.69, 9.17) is 9.15 Å². The highest BCUT2D eigenvalue weighted by atomic mass is 16.5. The van der Waals surface area contributed by atoms with Crippen LogP contribution >= 0.6 is 0 Å². The maximum atomic E-state index is 6.12. The van der Waals surface area contributed by atoms with Gasteiger partial charge in [0.15, 0.2) is 11.4 Å². The molecule has 3 aromatic heterocycles. The molecule has 0 radical (unpaired) electrons. The van der Waals surface area contributed by atoms with Crippen LogP contribution in [0.1, 0.15) is 12.5 Å². The highest BCUT2D eigenvalue weighted by Gasteiger charge is 2.36. The Bertz CT molecular complexity index is 1100. The molecule has 0 bridgehead atoms. The third-order valence-electron chi connectivity index (χ3n) is 5.03. The van der Waals surface area contributed by atoms with Gasteiger partial charge in [-0.2, -0.15) is 5.10 Å². The third kappa shape index (κ3) is 2.28. The molecule has 7 nitrogen and oxygen atoms in total. The molecule has 1 unspecified atom stereocenters. The Kier molecular flexibility index (Phi) is 3.27. The number of aryl methyl sites for hydroxylation is 1. The average Bonchev–Trinajstić information content (AvgIpc) is 3.25. The molecule has 1 aliphatic rings. The zero-order valence-corrected chi connectivity index (χ0v) is 14.7. The minimum atomic E-state index is -0.449. The van der Waals surface area contributed by atoms with E-state index in [1.54, 1.807) is 11.0 Å². The summed E-state index contributed by atoms with van der Waals surface area (Å²) in [5.74, 6) is 0.810. The Morgan fingerprint density at radius 1 is 1.19 bits per heavy atom. The van der Waals surface area contributed by atoms with Crippen LogP contribution in [0.3, 0.4) is 0 Å². The molecule has 1 aliphatic heterocycles. The van der Waals surface area contributed by atoms with Gasteiger partial charge in [0, 0.05) is 30.7 Å². The van der Waals surface area contributed by atoms with E-state index in [1.165, 1.54) is 0 Å². The van der Waals surface area contributed by atoms with Gasteiger partial charge in [-0.25, -0.2) is 9.97 Å². The molecule has 0 spiro atoms. The van der Waals surface area contributed by atoms with Gasteiger partial charge in [-0.1, -0.05) is 12.1 Å². The molecule has 1 saturated heterocycles. The lowest BCUT2D eigenvalue weighted by molar-refractivity contribution is -0.0468. The Balaban J connectivity index is 1.59. The van der Waals surface area contributed by atoms with E-state index in [0.29, 0.717) is 13.2 Å². The molecular weight excluding hydrogens is 330 g/mol. The summed E-state index contributed by atoms with van der Waals surface area (Å²) in [7, 11) is 1.91. The average molecular weight is 349 g/mol. The highest BCUT2D eigenvalue weighted by Crippen LogP contribution is 2.36. The first kappa shape index (κ1) is 15.3. The molecular formula is C19H19N5O2. The molecule has 132 valence electrons. The summed E-state index contributed by atoms with van der Waals surface area (Å²) in [5, 5.41) is 5.30. The first-order valence-electron chi connectivity index (χ1n) is 8.64. The Morgan fingerprint density at radius 2 is 2.08 bits per heavy atom. The van der Waals surface area contributed by atoms with E-state index in [0.717, 1.165) is 40.0 Å². The smallest absolute Gasteiger partial charge is 0.196 e. The predicted octanol–water partition coefficient (Wildman–Crippen LogP) is 2.86. The number of rotatable bonds is 2. The minimum absolute atomic E-state index is 0.449. The van der Waals surface area contributed by atoms with E-state index < -0.39 is 5.60 Å². The Labute approximate surface area is 150 Å². The van der Waals surface area contributed by atoms with Gasteiger partial charge in [-0.05, 0) is 19.1 Å². The van der Waals surface area contributed by atoms with Crippen LogP contribution in [0.5, 0.6) is 0 Å². The molecule has 0 amide bonds. The number of anilines is 1. The monoisotopic (exact) mass is 349 g/mol. The van der Waals surface area contributed by atoms with Gasteiger partial charge in [0.1, 0.15) is 23.0 Å². The number of morpholine rings is 1. The first-order valence-corrected chi connectivity index (χ1v) is 8.64. The molecule has 5 rings (SSSR count). The second-order valence-electron chi connectivity index (χ2n) is 6.88. The zero-order valence-electron chi connectivity index (χ0n) is 14.7. The summed E-state index contributed by atoms with van der Waals surface area (Å²) in [6.07, 6.45) is 5.47. The lowest BCUT2D eigenvalue weighted by Crippen LogP contribution is -2.48. The molecule has 1 fully saturated rings. The van der Waals surface area contributed by atoms with Crippen molar-refractivity contribution in [3.8, 4) is 0 Å². The van der Waals surface area contributed by atoms with E-state index in [-0.39, 0.29) is 0 Å². The second kappa shape index (κ2) is 5.54. The fourth-order valence-electron chi connectivity index (χ4n) is 3.66. The number of para-hydroxylation sites is 1. The van der Waals surface area contributed by atoms with Crippen LogP contribution in [0.15, 0.2) is 47.4 Å². The molecule has 1 aromatic carbocycles. The third-order valence-corrected chi connectivity index (χ3v) is 5.03. The van der Waals surface area contributed by atoms with Gasteiger partial charge in [-0.3, -0.25) is 4.68 Å². The van der Waals surface area contributed by atoms with Crippen molar-refractivity contribution in [1.82, 2.24) is 19.7 Å². The van der Waals surface area contributed by atoms with Crippen LogP contribution in [0.25, 0.3) is 22.1 Å². The number of benzene rings is 1. The summed E-state index contributed by atoms with van der Waals surface area (Å²) in [5.41, 5.74) is 3.01. The Hall–Kier alpha value is -2.93. The maximum absolute atomic E-state index is 6.12. The quantitative estimate of drug-likeness (QED) is 0.554. The van der Waals surface area contributed by atoms with Gasteiger partial charge in [0.25, 0.3) is 0 Å². The number of ether oxygens (including phenoxy) is 1. The van der Waals surface area contributed by atoms with Crippen LogP contribution in [0.4, 0.5) is 5.82 Å². The van der Waals surface area contributed by atoms with E-state index in [2.05, 4.69) is 26.9 Å². The molecule has 0 aliphatic carbocycles. The van der Waals surface area contributed by atoms with Gasteiger partial charge < -0.3 is 14.1 Å². The van der Waals surface area contributed by atoms with Crippen molar-refractivity contribution in [2.45, 2.75) is 12.5 Å². The lowest BCUT2D eigenvalue weighted by atomic mass is 9.97. The van der Waals surface area contributed by atoms with Crippen molar-refractivity contribution in [3.05, 3.63) is 48.5 Å². The number of aromatic nitrogens is 4. The van der Waals surface area contributed by atoms with Gasteiger partial charge in [0.05, 0.1) is 19.3 Å². The summed E-state index contributed by atoms with van der Waals surface area (Å²) in [4.78, 5) is 11.2. The number of furan rings is 1. The molecule has 4 aromatic rings. The van der Waals surface area contributed by atoms with Crippen molar-refractivity contribution in [1.29, 1.82) is 0 Å². The fourth-order valence-corrected chi connectivity index (χ4v) is 3.66. The van der Waals surface area contributed by atoms with Gasteiger partial charge in [0.2, 0.25) is 0 Å².